The first-order valence-corrected chi connectivity index (χ1v) is 10.2. The van der Waals surface area contributed by atoms with Gasteiger partial charge in [0.1, 0.15) is 0 Å². The number of halogens is 1. The van der Waals surface area contributed by atoms with Gasteiger partial charge in [-0.05, 0) is 42.5 Å². The summed E-state index contributed by atoms with van der Waals surface area (Å²) < 4.78 is 0. The Morgan fingerprint density at radius 2 is 1.86 bits per heavy atom. The highest BCUT2D eigenvalue weighted by Crippen LogP contribution is 2.36. The smallest absolute Gasteiger partial charge is 0.227 e. The van der Waals surface area contributed by atoms with Gasteiger partial charge in [0.15, 0.2) is 0 Å². The van der Waals surface area contributed by atoms with Gasteiger partial charge in [-0.25, -0.2) is 9.97 Å². The Kier molecular flexibility index (Phi) is 5.76. The first-order valence-electron chi connectivity index (χ1n) is 9.83. The van der Waals surface area contributed by atoms with Crippen LogP contribution in [0, 0.1) is 0 Å². The largest absolute Gasteiger partial charge is 0.368 e. The molecule has 0 unspecified atom stereocenters. The van der Waals surface area contributed by atoms with Crippen molar-refractivity contribution >= 4 is 23.5 Å². The lowest BCUT2D eigenvalue weighted by Gasteiger charge is -2.36. The molecule has 0 spiro atoms. The molecule has 6 heteroatoms. The number of anilines is 1. The second kappa shape index (κ2) is 8.62. The first kappa shape index (κ1) is 19.4. The summed E-state index contributed by atoms with van der Waals surface area (Å²) in [5.41, 5.74) is 9.61. The van der Waals surface area contributed by atoms with E-state index >= 15 is 0 Å². The molecule has 1 fully saturated rings. The maximum atomic E-state index is 13.2. The van der Waals surface area contributed by atoms with Gasteiger partial charge < -0.3 is 10.6 Å². The van der Waals surface area contributed by atoms with E-state index in [0.717, 1.165) is 48.2 Å². The average Bonchev–Trinajstić information content (AvgIpc) is 2.75. The average molecular weight is 407 g/mol. The second-order valence-electron chi connectivity index (χ2n) is 7.30. The van der Waals surface area contributed by atoms with Crippen molar-refractivity contribution in [3.05, 3.63) is 77.1 Å². The van der Waals surface area contributed by atoms with Gasteiger partial charge in [0.2, 0.25) is 11.9 Å². The Labute approximate surface area is 175 Å². The zero-order valence-electron chi connectivity index (χ0n) is 16.1. The lowest BCUT2D eigenvalue weighted by atomic mass is 9.93. The molecule has 5 nitrogen and oxygen atoms in total. The van der Waals surface area contributed by atoms with Crippen LogP contribution in [0.5, 0.6) is 0 Å². The molecule has 0 radical (unpaired) electrons. The number of rotatable bonds is 4. The quantitative estimate of drug-likeness (QED) is 0.683. The molecule has 1 saturated heterocycles. The maximum absolute atomic E-state index is 13.2. The van der Waals surface area contributed by atoms with Gasteiger partial charge in [0.25, 0.3) is 0 Å². The minimum atomic E-state index is -0.115. The van der Waals surface area contributed by atoms with Crippen LogP contribution in [0.25, 0.3) is 11.1 Å². The number of nitrogen functional groups attached to an aromatic ring is 1. The third-order valence-electron chi connectivity index (χ3n) is 5.33. The summed E-state index contributed by atoms with van der Waals surface area (Å²) in [7, 11) is 0. The van der Waals surface area contributed by atoms with Crippen molar-refractivity contribution in [1.82, 2.24) is 14.9 Å². The van der Waals surface area contributed by atoms with E-state index in [1.807, 2.05) is 59.5 Å². The number of aromatic nitrogens is 2. The fourth-order valence-electron chi connectivity index (χ4n) is 3.90. The van der Waals surface area contributed by atoms with Gasteiger partial charge in [-0.2, -0.15) is 0 Å². The van der Waals surface area contributed by atoms with Crippen LogP contribution in [-0.2, 0) is 11.2 Å². The third kappa shape index (κ3) is 4.40. The molecule has 29 heavy (non-hydrogen) atoms. The van der Waals surface area contributed by atoms with Gasteiger partial charge in [0, 0.05) is 23.3 Å². The predicted molar refractivity (Wildman–Crippen MR) is 115 cm³/mol. The molecule has 1 aromatic heterocycles. The maximum Gasteiger partial charge on any atom is 0.227 e. The fraction of sp³-hybridized carbons (Fsp3) is 0.261. The van der Waals surface area contributed by atoms with Gasteiger partial charge in [-0.3, -0.25) is 4.79 Å². The molecule has 0 saturated carbocycles. The number of piperidine rings is 1. The number of carbonyl (C=O) groups is 1. The van der Waals surface area contributed by atoms with E-state index in [0.29, 0.717) is 11.4 Å². The number of hydrogen-bond donors (Lipinski definition) is 1. The molecule has 4 rings (SSSR count). The Hall–Kier alpha value is -2.92. The Morgan fingerprint density at radius 3 is 2.62 bits per heavy atom. The van der Waals surface area contributed by atoms with E-state index in [4.69, 9.17) is 17.3 Å². The third-order valence-corrected chi connectivity index (χ3v) is 5.58. The standard InChI is InChI=1S/C23H23ClN4O/c24-18-11-9-17(10-12-18)19-15-26-23(25)27-22(19)20-8-4-5-13-28(20)21(29)14-16-6-2-1-3-7-16/h1-3,6-7,9-12,15,20H,4-5,8,13-14H2,(H2,25,26,27)/t20-/m0/s1. The number of benzene rings is 2. The van der Waals surface area contributed by atoms with Crippen molar-refractivity contribution in [3.63, 3.8) is 0 Å². The van der Waals surface area contributed by atoms with Crippen LogP contribution in [0.2, 0.25) is 5.02 Å². The Balaban J connectivity index is 1.68. The van der Waals surface area contributed by atoms with Crippen LogP contribution in [0.4, 0.5) is 5.95 Å². The molecule has 1 aliphatic rings. The summed E-state index contributed by atoms with van der Waals surface area (Å²) in [6.45, 7) is 0.723. The Morgan fingerprint density at radius 1 is 1.10 bits per heavy atom. The Bertz CT molecular complexity index is 992. The summed E-state index contributed by atoms with van der Waals surface area (Å²) in [5.74, 6) is 0.332. The van der Waals surface area contributed by atoms with Crippen molar-refractivity contribution in [2.45, 2.75) is 31.7 Å². The normalized spacial score (nSPS) is 16.6. The highest BCUT2D eigenvalue weighted by molar-refractivity contribution is 6.30. The number of hydrogen-bond acceptors (Lipinski definition) is 4. The SMILES string of the molecule is Nc1ncc(-c2ccc(Cl)cc2)c([C@@H]2CCCCN2C(=O)Cc2ccccc2)n1. The predicted octanol–water partition coefficient (Wildman–Crippen LogP) is 4.68. The molecular weight excluding hydrogens is 384 g/mol. The van der Waals surface area contributed by atoms with E-state index in [1.165, 1.54) is 0 Å². The van der Waals surface area contributed by atoms with Crippen LogP contribution in [-0.4, -0.2) is 27.3 Å². The number of nitrogens with two attached hydrogens (primary N) is 1. The van der Waals surface area contributed by atoms with Gasteiger partial charge in [0.05, 0.1) is 18.2 Å². The second-order valence-corrected chi connectivity index (χ2v) is 7.73. The van der Waals surface area contributed by atoms with Crippen LogP contribution >= 0.6 is 11.6 Å². The number of likely N-dealkylation sites (tertiary alicyclic amines) is 1. The van der Waals surface area contributed by atoms with Gasteiger partial charge >= 0.3 is 0 Å². The molecule has 3 aromatic rings. The molecule has 0 bridgehead atoms. The molecule has 1 amide bonds. The number of amides is 1. The monoisotopic (exact) mass is 406 g/mol. The topological polar surface area (TPSA) is 72.1 Å². The van der Waals surface area contributed by atoms with Crippen molar-refractivity contribution in [1.29, 1.82) is 0 Å². The molecule has 0 aliphatic carbocycles. The van der Waals surface area contributed by atoms with E-state index in [9.17, 15) is 4.79 Å². The molecule has 2 N–H and O–H groups in total. The van der Waals surface area contributed by atoms with Crippen molar-refractivity contribution < 1.29 is 4.79 Å². The van der Waals surface area contributed by atoms with E-state index in [-0.39, 0.29) is 17.9 Å². The molecule has 148 valence electrons. The highest BCUT2D eigenvalue weighted by atomic mass is 35.5. The van der Waals surface area contributed by atoms with Crippen molar-refractivity contribution in [2.24, 2.45) is 0 Å². The lowest BCUT2D eigenvalue weighted by molar-refractivity contribution is -0.134. The van der Waals surface area contributed by atoms with Gasteiger partial charge in [-0.1, -0.05) is 54.1 Å². The van der Waals surface area contributed by atoms with E-state index in [2.05, 4.69) is 9.97 Å². The molecule has 1 aliphatic heterocycles. The summed E-state index contributed by atoms with van der Waals surface area (Å²) in [6, 6.07) is 17.3. The molecular formula is C23H23ClN4O. The van der Waals surface area contributed by atoms with Gasteiger partial charge in [-0.15, -0.1) is 0 Å². The van der Waals surface area contributed by atoms with Crippen molar-refractivity contribution in [3.8, 4) is 11.1 Å². The summed E-state index contributed by atoms with van der Waals surface area (Å²) >= 11 is 6.05. The van der Waals surface area contributed by atoms with Crippen molar-refractivity contribution in [2.75, 3.05) is 12.3 Å². The van der Waals surface area contributed by atoms with E-state index < -0.39 is 0 Å². The summed E-state index contributed by atoms with van der Waals surface area (Å²) in [6.07, 6.45) is 5.03. The van der Waals surface area contributed by atoms with E-state index in [1.54, 1.807) is 6.20 Å². The molecule has 2 aromatic carbocycles. The molecule has 1 atom stereocenters. The minimum absolute atomic E-state index is 0.111. The minimum Gasteiger partial charge on any atom is -0.368 e. The molecule has 2 heterocycles. The van der Waals surface area contributed by atoms with Crippen LogP contribution in [0.1, 0.15) is 36.6 Å². The van der Waals surface area contributed by atoms with Crippen LogP contribution in [0.15, 0.2) is 60.8 Å². The summed E-state index contributed by atoms with van der Waals surface area (Å²) in [4.78, 5) is 23.9. The van der Waals surface area contributed by atoms with Crippen LogP contribution in [0.3, 0.4) is 0 Å². The zero-order valence-corrected chi connectivity index (χ0v) is 16.8. The first-order chi connectivity index (χ1) is 14.1. The zero-order chi connectivity index (χ0) is 20.2. The lowest BCUT2D eigenvalue weighted by Crippen LogP contribution is -2.40. The number of carbonyl (C=O) groups excluding carboxylic acids is 1. The highest BCUT2D eigenvalue weighted by Gasteiger charge is 2.31. The summed E-state index contributed by atoms with van der Waals surface area (Å²) in [5, 5.41) is 0.670. The fourth-order valence-corrected chi connectivity index (χ4v) is 4.03. The number of nitrogens with zero attached hydrogens (tertiary/aromatic N) is 3. The van der Waals surface area contributed by atoms with Crippen LogP contribution < -0.4 is 5.73 Å².